The van der Waals surface area contributed by atoms with E-state index in [4.69, 9.17) is 4.74 Å². The van der Waals surface area contributed by atoms with E-state index < -0.39 is 53.9 Å². The second-order valence-electron chi connectivity index (χ2n) is 10.6. The maximum atomic E-state index is 15.3. The number of aryl methyl sites for hydroxylation is 2. The molecule has 2 N–H and O–H groups in total. The van der Waals surface area contributed by atoms with Crippen LogP contribution < -0.4 is 21.5 Å². The lowest BCUT2D eigenvalue weighted by molar-refractivity contribution is -0.139. The lowest BCUT2D eigenvalue weighted by Crippen LogP contribution is -2.46. The van der Waals surface area contributed by atoms with Crippen LogP contribution in [-0.4, -0.2) is 74.4 Å². The number of hydrogen-bond acceptors (Lipinski definition) is 8. The van der Waals surface area contributed by atoms with Crippen molar-refractivity contribution in [3.8, 4) is 5.82 Å². The van der Waals surface area contributed by atoms with E-state index in [1.807, 2.05) is 0 Å². The molecule has 1 amide bonds. The second-order valence-corrected chi connectivity index (χ2v) is 10.6. The fourth-order valence-electron chi connectivity index (χ4n) is 5.41. The van der Waals surface area contributed by atoms with Crippen LogP contribution in [0, 0.1) is 12.7 Å². The van der Waals surface area contributed by atoms with Gasteiger partial charge in [0.2, 0.25) is 6.43 Å². The molecule has 4 heterocycles. The van der Waals surface area contributed by atoms with Crippen LogP contribution in [0.3, 0.4) is 0 Å². The number of nitrogens with one attached hydrogen (secondary N) is 1. The molecule has 236 valence electrons. The number of halogens is 3. The quantitative estimate of drug-likeness (QED) is 0.285. The second kappa shape index (κ2) is 12.9. The van der Waals surface area contributed by atoms with E-state index in [0.717, 1.165) is 10.6 Å². The lowest BCUT2D eigenvalue weighted by atomic mass is 10.0. The van der Waals surface area contributed by atoms with Crippen LogP contribution in [0.15, 0.2) is 58.5 Å². The van der Waals surface area contributed by atoms with Crippen molar-refractivity contribution in [2.45, 2.75) is 38.3 Å². The predicted octanol–water partition coefficient (Wildman–Crippen LogP) is 2.21. The Labute approximate surface area is 253 Å². The molecule has 45 heavy (non-hydrogen) atoms. The SMILES string of the molecule is Cc1cc(N2CCOCC2CC(F)F)cc(F)c1C(=O)NC(Cc1ccc(-n2c(=O)c3ccncc3n(C)c2=O)nc1)C(=O)O. The third-order valence-electron chi connectivity index (χ3n) is 7.66. The molecular weight excluding hydrogens is 597 g/mol. The van der Waals surface area contributed by atoms with Crippen molar-refractivity contribution in [2.75, 3.05) is 24.7 Å². The summed E-state index contributed by atoms with van der Waals surface area (Å²) in [5.41, 5.74) is -0.429. The first kappa shape index (κ1) is 31.4. The fourth-order valence-corrected chi connectivity index (χ4v) is 5.41. The molecule has 0 aliphatic carbocycles. The zero-order chi connectivity index (χ0) is 32.4. The Morgan fingerprint density at radius 1 is 1.18 bits per heavy atom. The van der Waals surface area contributed by atoms with E-state index in [1.165, 1.54) is 61.4 Å². The topological polar surface area (TPSA) is 149 Å². The molecule has 1 saturated heterocycles. The molecule has 0 radical (unpaired) electrons. The zero-order valence-electron chi connectivity index (χ0n) is 24.2. The molecule has 4 aromatic rings. The van der Waals surface area contributed by atoms with Crippen molar-refractivity contribution < 1.29 is 32.6 Å². The van der Waals surface area contributed by atoms with Gasteiger partial charge in [-0.2, -0.15) is 0 Å². The van der Waals surface area contributed by atoms with Gasteiger partial charge in [0.15, 0.2) is 0 Å². The van der Waals surface area contributed by atoms with Gasteiger partial charge in [-0.25, -0.2) is 32.3 Å². The van der Waals surface area contributed by atoms with Crippen LogP contribution in [0.4, 0.5) is 18.9 Å². The zero-order valence-corrected chi connectivity index (χ0v) is 24.2. The number of morpholine rings is 1. The summed E-state index contributed by atoms with van der Waals surface area (Å²) in [4.78, 5) is 60.8. The number of carbonyl (C=O) groups excluding carboxylic acids is 1. The maximum absolute atomic E-state index is 15.3. The number of benzene rings is 1. The average Bonchev–Trinajstić information content (AvgIpc) is 3.00. The fraction of sp³-hybridized carbons (Fsp3) is 0.333. The van der Waals surface area contributed by atoms with Crippen LogP contribution in [0.5, 0.6) is 0 Å². The molecule has 2 unspecified atom stereocenters. The number of carbonyl (C=O) groups is 2. The van der Waals surface area contributed by atoms with Gasteiger partial charge in [-0.15, -0.1) is 0 Å². The lowest BCUT2D eigenvalue weighted by Gasteiger charge is -2.37. The summed E-state index contributed by atoms with van der Waals surface area (Å²) in [5.74, 6) is -3.29. The standard InChI is InChI=1S/C30H29F3N6O6/c1-16-9-18(38-7-8-45-15-19(38)12-24(32)33)11-21(31)26(16)27(40)36-22(29(42)43)10-17-3-4-25(35-13-17)39-28(41)20-5-6-34-14-23(20)37(2)30(39)44/h3-6,9,11,13-14,19,22,24H,7-8,10,12,15H2,1-2H3,(H,36,40)(H,42,43). The van der Waals surface area contributed by atoms with Gasteiger partial charge in [0.25, 0.3) is 11.5 Å². The van der Waals surface area contributed by atoms with Crippen LogP contribution in [0.2, 0.25) is 0 Å². The van der Waals surface area contributed by atoms with Crippen molar-refractivity contribution in [2.24, 2.45) is 7.05 Å². The Kier molecular flexibility index (Phi) is 8.99. The molecule has 0 spiro atoms. The molecule has 0 saturated carbocycles. The summed E-state index contributed by atoms with van der Waals surface area (Å²) in [6.45, 7) is 2.05. The number of aliphatic carboxylic acids is 1. The molecule has 1 aromatic carbocycles. The minimum absolute atomic E-state index is 0.00724. The normalized spacial score (nSPS) is 15.8. The van der Waals surface area contributed by atoms with Crippen molar-refractivity contribution in [1.29, 1.82) is 0 Å². The summed E-state index contributed by atoms with van der Waals surface area (Å²) < 4.78 is 48.9. The Morgan fingerprint density at radius 3 is 2.62 bits per heavy atom. The highest BCUT2D eigenvalue weighted by Crippen LogP contribution is 2.28. The molecule has 0 bridgehead atoms. The van der Waals surface area contributed by atoms with Gasteiger partial charge in [-0.3, -0.25) is 19.1 Å². The van der Waals surface area contributed by atoms with E-state index in [1.54, 1.807) is 4.90 Å². The number of alkyl halides is 2. The van der Waals surface area contributed by atoms with Gasteiger partial charge in [0.1, 0.15) is 17.7 Å². The molecule has 1 aliphatic heterocycles. The molecular formula is C30H29F3N6O6. The van der Waals surface area contributed by atoms with Crippen LogP contribution in [0.1, 0.15) is 27.9 Å². The number of carboxylic acids is 1. The van der Waals surface area contributed by atoms with Gasteiger partial charge >= 0.3 is 11.7 Å². The van der Waals surface area contributed by atoms with Crippen LogP contribution in [-0.2, 0) is 23.0 Å². The summed E-state index contributed by atoms with van der Waals surface area (Å²) in [5, 5.41) is 12.4. The number of rotatable bonds is 9. The Hall–Kier alpha value is -5.05. The van der Waals surface area contributed by atoms with Gasteiger partial charge in [-0.1, -0.05) is 6.07 Å². The van der Waals surface area contributed by atoms with E-state index in [2.05, 4.69) is 15.3 Å². The third kappa shape index (κ3) is 6.43. The first-order valence-electron chi connectivity index (χ1n) is 13.9. The number of aromatic nitrogens is 4. The molecule has 15 heteroatoms. The van der Waals surface area contributed by atoms with Crippen LogP contribution in [0.25, 0.3) is 16.7 Å². The first-order chi connectivity index (χ1) is 21.5. The minimum atomic E-state index is -2.58. The molecule has 12 nitrogen and oxygen atoms in total. The molecule has 1 fully saturated rings. The van der Waals surface area contributed by atoms with Crippen molar-refractivity contribution in [3.63, 3.8) is 0 Å². The number of pyridine rings is 2. The van der Waals surface area contributed by atoms with E-state index >= 15 is 4.39 Å². The summed E-state index contributed by atoms with van der Waals surface area (Å²) in [7, 11) is 1.49. The molecule has 1 aliphatic rings. The number of anilines is 1. The summed E-state index contributed by atoms with van der Waals surface area (Å²) in [6, 6.07) is 4.73. The van der Waals surface area contributed by atoms with E-state index in [9.17, 15) is 33.1 Å². The molecule has 3 aromatic heterocycles. The van der Waals surface area contributed by atoms with E-state index in [-0.39, 0.29) is 48.5 Å². The highest BCUT2D eigenvalue weighted by molar-refractivity contribution is 5.98. The van der Waals surface area contributed by atoms with Gasteiger partial charge in [0.05, 0.1) is 41.9 Å². The Bertz CT molecular complexity index is 1850. The van der Waals surface area contributed by atoms with Gasteiger partial charge < -0.3 is 20.1 Å². The van der Waals surface area contributed by atoms with Crippen molar-refractivity contribution in [3.05, 3.63) is 92.3 Å². The van der Waals surface area contributed by atoms with Gasteiger partial charge in [-0.05, 0) is 42.3 Å². The van der Waals surface area contributed by atoms with Crippen LogP contribution >= 0.6 is 0 Å². The highest BCUT2D eigenvalue weighted by Gasteiger charge is 2.29. The predicted molar refractivity (Wildman–Crippen MR) is 157 cm³/mol. The smallest absolute Gasteiger partial charge is 0.337 e. The summed E-state index contributed by atoms with van der Waals surface area (Å²) >= 11 is 0. The number of ether oxygens (including phenoxy) is 1. The number of hydrogen-bond donors (Lipinski definition) is 2. The first-order valence-corrected chi connectivity index (χ1v) is 13.9. The van der Waals surface area contributed by atoms with Crippen molar-refractivity contribution >= 4 is 28.5 Å². The highest BCUT2D eigenvalue weighted by atomic mass is 19.3. The number of nitrogens with zero attached hydrogens (tertiary/aromatic N) is 5. The van der Waals surface area contributed by atoms with E-state index in [0.29, 0.717) is 16.8 Å². The minimum Gasteiger partial charge on any atom is -0.480 e. The average molecular weight is 627 g/mol. The molecule has 2 atom stereocenters. The third-order valence-corrected chi connectivity index (χ3v) is 7.66. The maximum Gasteiger partial charge on any atom is 0.337 e. The van der Waals surface area contributed by atoms with Crippen molar-refractivity contribution in [1.82, 2.24) is 24.4 Å². The Morgan fingerprint density at radius 2 is 1.96 bits per heavy atom. The monoisotopic (exact) mass is 626 g/mol. The van der Waals surface area contributed by atoms with Gasteiger partial charge in [0, 0.05) is 44.5 Å². The Balaban J connectivity index is 1.35. The molecule has 5 rings (SSSR count). The number of carboxylic acid groups (broad SMARTS) is 1. The largest absolute Gasteiger partial charge is 0.480 e. The summed E-state index contributed by atoms with van der Waals surface area (Å²) in [6.07, 6.45) is 0.809. The number of amides is 1. The number of fused-ring (bicyclic) bond motifs is 1.